The number of hydrogen-bond donors (Lipinski definition) is 1. The monoisotopic (exact) mass is 324 g/mol. The molecule has 0 aliphatic carbocycles. The molecule has 3 heteroatoms. The predicted octanol–water partition coefficient (Wildman–Crippen LogP) is 3.10. The molecule has 2 aromatic rings. The highest BCUT2D eigenvalue weighted by Crippen LogP contribution is 2.40. The van der Waals surface area contributed by atoms with Crippen molar-refractivity contribution in [2.75, 3.05) is 0 Å². The zero-order valence-electron chi connectivity index (χ0n) is 14.3. The van der Waals surface area contributed by atoms with Crippen molar-refractivity contribution >= 4 is 14.5 Å². The molecule has 23 heavy (non-hydrogen) atoms. The molecule has 0 fully saturated rings. The van der Waals surface area contributed by atoms with Gasteiger partial charge in [-0.2, -0.15) is 0 Å². The van der Waals surface area contributed by atoms with Crippen molar-refractivity contribution in [3.63, 3.8) is 0 Å². The highest BCUT2D eigenvalue weighted by Gasteiger charge is 2.50. The lowest BCUT2D eigenvalue weighted by molar-refractivity contribution is -0.513. The van der Waals surface area contributed by atoms with E-state index in [2.05, 4.69) is 91.5 Å². The summed E-state index contributed by atoms with van der Waals surface area (Å²) in [5.41, 5.74) is 2.04. The van der Waals surface area contributed by atoms with Crippen molar-refractivity contribution in [3.05, 3.63) is 71.8 Å². The summed E-state index contributed by atoms with van der Waals surface area (Å²) in [5.74, 6) is 0. The zero-order valence-corrected chi connectivity index (χ0v) is 15.3. The second-order valence-electron chi connectivity index (χ2n) is 7.18. The van der Waals surface area contributed by atoms with Gasteiger partial charge in [0.2, 0.25) is 0 Å². The maximum atomic E-state index is 6.94. The molecule has 1 heterocycles. The van der Waals surface area contributed by atoms with E-state index >= 15 is 0 Å². The fourth-order valence-electron chi connectivity index (χ4n) is 3.49. The van der Waals surface area contributed by atoms with E-state index in [1.54, 1.807) is 0 Å². The Hall–Kier alpha value is -1.71. The second-order valence-corrected chi connectivity index (χ2v) is 11.6. The van der Waals surface area contributed by atoms with Crippen LogP contribution in [0.1, 0.15) is 24.0 Å². The fraction of sp³-hybridized carbons (Fsp3) is 0.350. The summed E-state index contributed by atoms with van der Waals surface area (Å²) in [5, 5.41) is 0. The van der Waals surface area contributed by atoms with Crippen LogP contribution >= 0.6 is 0 Å². The van der Waals surface area contributed by atoms with E-state index in [4.69, 9.17) is 4.43 Å². The predicted molar refractivity (Wildman–Crippen MR) is 98.1 cm³/mol. The van der Waals surface area contributed by atoms with Crippen molar-refractivity contribution in [3.8, 4) is 0 Å². The normalized spacial score (nSPS) is 18.3. The van der Waals surface area contributed by atoms with Crippen LogP contribution in [-0.4, -0.2) is 20.6 Å². The van der Waals surface area contributed by atoms with E-state index in [1.165, 1.54) is 11.1 Å². The Morgan fingerprint density at radius 2 is 1.43 bits per heavy atom. The first kappa shape index (κ1) is 16.2. The van der Waals surface area contributed by atoms with Gasteiger partial charge in [0, 0.05) is 12.8 Å². The zero-order chi connectivity index (χ0) is 16.3. The Bertz CT molecular complexity index is 622. The summed E-state index contributed by atoms with van der Waals surface area (Å²) in [6, 6.07) is 21.7. The number of hydrogen-bond acceptors (Lipinski definition) is 1. The standard InChI is InChI=1S/C20H25NOSi/c1-23(2,3)22-20(19-15-10-16-21-19,17-11-6-4-7-12-17)18-13-8-5-9-14-18/h4-9,11-14,16,19H,10,15H2,1-3H3/p+1/t19-/m0/s1. The molecule has 0 bridgehead atoms. The van der Waals surface area contributed by atoms with E-state index in [0.717, 1.165) is 12.8 Å². The lowest BCUT2D eigenvalue weighted by atomic mass is 9.79. The van der Waals surface area contributed by atoms with Gasteiger partial charge in [0.05, 0.1) is 0 Å². The van der Waals surface area contributed by atoms with Gasteiger partial charge in [-0.15, -0.1) is 0 Å². The van der Waals surface area contributed by atoms with E-state index < -0.39 is 13.9 Å². The first-order valence-corrected chi connectivity index (χ1v) is 11.8. The van der Waals surface area contributed by atoms with E-state index in [1.807, 2.05) is 0 Å². The first-order chi connectivity index (χ1) is 11.0. The van der Waals surface area contributed by atoms with Crippen LogP contribution in [-0.2, 0) is 10.0 Å². The molecule has 3 rings (SSSR count). The average molecular weight is 325 g/mol. The molecule has 1 aliphatic rings. The molecule has 1 N–H and O–H groups in total. The molecule has 0 saturated carbocycles. The van der Waals surface area contributed by atoms with Crippen LogP contribution in [0, 0.1) is 0 Å². The molecule has 0 saturated heterocycles. The van der Waals surface area contributed by atoms with Gasteiger partial charge >= 0.3 is 0 Å². The summed E-state index contributed by atoms with van der Waals surface area (Å²) >= 11 is 0. The van der Waals surface area contributed by atoms with E-state index in [-0.39, 0.29) is 6.04 Å². The fourth-order valence-corrected chi connectivity index (χ4v) is 4.84. The van der Waals surface area contributed by atoms with Crippen molar-refractivity contribution in [1.29, 1.82) is 0 Å². The Labute approximate surface area is 140 Å². The Morgan fingerprint density at radius 3 is 1.83 bits per heavy atom. The Kier molecular flexibility index (Phi) is 4.51. The third-order valence-electron chi connectivity index (χ3n) is 4.28. The van der Waals surface area contributed by atoms with Gasteiger partial charge in [-0.05, 0) is 30.8 Å². The highest BCUT2D eigenvalue weighted by atomic mass is 28.4. The molecular weight excluding hydrogens is 298 g/mol. The number of nitrogens with one attached hydrogen (secondary N) is 1. The van der Waals surface area contributed by atoms with Crippen LogP contribution in [0.15, 0.2) is 60.7 Å². The van der Waals surface area contributed by atoms with E-state index in [0.29, 0.717) is 0 Å². The van der Waals surface area contributed by atoms with Gasteiger partial charge in [0.1, 0.15) is 6.21 Å². The molecule has 2 aromatic carbocycles. The Balaban J connectivity index is 2.22. The lowest BCUT2D eigenvalue weighted by Crippen LogP contribution is -2.80. The van der Waals surface area contributed by atoms with Gasteiger partial charge in [0.25, 0.3) is 0 Å². The van der Waals surface area contributed by atoms with Crippen LogP contribution in [0.4, 0.5) is 0 Å². The minimum atomic E-state index is -1.78. The molecule has 0 radical (unpaired) electrons. The van der Waals surface area contributed by atoms with Crippen molar-refractivity contribution < 1.29 is 9.42 Å². The average Bonchev–Trinajstić information content (AvgIpc) is 3.08. The minimum Gasteiger partial charge on any atom is -0.399 e. The summed E-state index contributed by atoms with van der Waals surface area (Å²) in [4.78, 5) is 3.59. The topological polar surface area (TPSA) is 23.2 Å². The smallest absolute Gasteiger partial charge is 0.187 e. The molecular formula is C20H26NOSi+. The van der Waals surface area contributed by atoms with Crippen LogP contribution in [0.3, 0.4) is 0 Å². The van der Waals surface area contributed by atoms with Gasteiger partial charge < -0.3 is 4.43 Å². The van der Waals surface area contributed by atoms with Crippen molar-refractivity contribution in [2.45, 2.75) is 44.1 Å². The number of benzene rings is 2. The molecule has 120 valence electrons. The maximum Gasteiger partial charge on any atom is 0.187 e. The first-order valence-electron chi connectivity index (χ1n) is 8.41. The van der Waals surface area contributed by atoms with E-state index in [9.17, 15) is 0 Å². The summed E-state index contributed by atoms with van der Waals surface area (Å²) in [6.45, 7) is 6.81. The van der Waals surface area contributed by atoms with Crippen LogP contribution < -0.4 is 4.99 Å². The molecule has 0 amide bonds. The Morgan fingerprint density at radius 1 is 0.913 bits per heavy atom. The summed E-state index contributed by atoms with van der Waals surface area (Å²) in [6.07, 6.45) is 4.36. The maximum absolute atomic E-state index is 6.94. The van der Waals surface area contributed by atoms with Crippen LogP contribution in [0.25, 0.3) is 0 Å². The molecule has 1 atom stereocenters. The quantitative estimate of drug-likeness (QED) is 0.839. The summed E-state index contributed by atoms with van der Waals surface area (Å²) < 4.78 is 6.94. The van der Waals surface area contributed by atoms with Crippen LogP contribution in [0.5, 0.6) is 0 Å². The lowest BCUT2D eigenvalue weighted by Gasteiger charge is -2.40. The third kappa shape index (κ3) is 3.31. The molecule has 1 aliphatic heterocycles. The molecule has 0 aromatic heterocycles. The van der Waals surface area contributed by atoms with Gasteiger partial charge in [-0.25, -0.2) is 4.99 Å². The number of rotatable bonds is 5. The highest BCUT2D eigenvalue weighted by molar-refractivity contribution is 6.69. The third-order valence-corrected chi connectivity index (χ3v) is 5.22. The summed E-state index contributed by atoms with van der Waals surface area (Å²) in [7, 11) is -1.78. The largest absolute Gasteiger partial charge is 0.399 e. The van der Waals surface area contributed by atoms with Crippen LogP contribution in [0.2, 0.25) is 19.6 Å². The minimum absolute atomic E-state index is 0.263. The van der Waals surface area contributed by atoms with Gasteiger partial charge in [0.15, 0.2) is 20.0 Å². The molecule has 2 nitrogen and oxygen atoms in total. The van der Waals surface area contributed by atoms with Crippen molar-refractivity contribution in [1.82, 2.24) is 0 Å². The van der Waals surface area contributed by atoms with Gasteiger partial charge in [-0.3, -0.25) is 0 Å². The van der Waals surface area contributed by atoms with Gasteiger partial charge in [-0.1, -0.05) is 60.7 Å². The second kappa shape index (κ2) is 6.42. The molecule has 0 spiro atoms. The SMILES string of the molecule is C[Si](C)(C)OC(c1ccccc1)(c1ccccc1)[C@@H]1CCC=[NH+]1. The van der Waals surface area contributed by atoms with Crippen molar-refractivity contribution in [2.24, 2.45) is 0 Å². The molecule has 0 unspecified atom stereocenters.